The van der Waals surface area contributed by atoms with Crippen LogP contribution in [0.2, 0.25) is 0 Å². The minimum absolute atomic E-state index is 0.402. The molecule has 45 heavy (non-hydrogen) atoms. The molecule has 0 fully saturated rings. The molecule has 5 heteroatoms. The van der Waals surface area contributed by atoms with Crippen molar-refractivity contribution in [2.24, 2.45) is 5.73 Å². The molecule has 0 radical (unpaired) electrons. The Morgan fingerprint density at radius 1 is 0.778 bits per heavy atom. The van der Waals surface area contributed by atoms with E-state index < -0.39 is 0 Å². The number of aromatic nitrogens is 4. The van der Waals surface area contributed by atoms with E-state index in [2.05, 4.69) is 101 Å². The van der Waals surface area contributed by atoms with Gasteiger partial charge in [0.25, 0.3) is 0 Å². The van der Waals surface area contributed by atoms with Crippen LogP contribution in [0.1, 0.15) is 40.3 Å². The number of nitrogens with one attached hydrogen (secondary N) is 1. The summed E-state index contributed by atoms with van der Waals surface area (Å²) in [7, 11) is 0. The van der Waals surface area contributed by atoms with Crippen LogP contribution in [0.15, 0.2) is 84.9 Å². The number of aromatic amines is 1. The molecule has 216 valence electrons. The molecule has 0 spiro atoms. The fraction of sp³-hybridized carbons (Fsp3) is 0.150. The highest BCUT2D eigenvalue weighted by Crippen LogP contribution is 2.46. The van der Waals surface area contributed by atoms with Crippen molar-refractivity contribution in [3.8, 4) is 17.2 Å². The second-order valence-corrected chi connectivity index (χ2v) is 12.6. The molecule has 2 aliphatic rings. The quantitative estimate of drug-likeness (QED) is 0.218. The summed E-state index contributed by atoms with van der Waals surface area (Å²) in [5.74, 6) is 0.672. The molecule has 0 bridgehead atoms. The predicted octanol–water partition coefficient (Wildman–Crippen LogP) is 8.72. The number of allylic oxidation sites excluding steroid dienone is 1. The molecule has 8 aromatic rings. The van der Waals surface area contributed by atoms with E-state index in [1.165, 1.54) is 60.4 Å². The van der Waals surface area contributed by atoms with Crippen molar-refractivity contribution in [2.45, 2.75) is 39.2 Å². The largest absolute Gasteiger partial charge is 0.354 e. The monoisotopic (exact) mass is 581 g/mol. The van der Waals surface area contributed by atoms with Crippen molar-refractivity contribution in [1.82, 2.24) is 19.5 Å². The number of aryl methyl sites for hydroxylation is 4. The Bertz CT molecular complexity index is 2580. The van der Waals surface area contributed by atoms with Crippen molar-refractivity contribution < 1.29 is 0 Å². The van der Waals surface area contributed by atoms with Crippen LogP contribution in [0.5, 0.6) is 0 Å². The SMILES string of the molecule is C/C=C\c1c(CN)c2c(c3cc4c(cc3n2-c2nc(-c3ccccc3)c3ccccc3n2)CC4)c2[nH]c3cc4c(cc3c12)CC4. The summed E-state index contributed by atoms with van der Waals surface area (Å²) in [6.45, 7) is 2.49. The molecule has 5 nitrogen and oxygen atoms in total. The topological polar surface area (TPSA) is 72.5 Å². The summed E-state index contributed by atoms with van der Waals surface area (Å²) in [4.78, 5) is 14.6. The maximum atomic E-state index is 6.77. The third-order valence-electron chi connectivity index (χ3n) is 10.2. The van der Waals surface area contributed by atoms with Crippen LogP contribution in [0.3, 0.4) is 0 Å². The minimum Gasteiger partial charge on any atom is -0.354 e. The van der Waals surface area contributed by atoms with Crippen LogP contribution in [0, 0.1) is 0 Å². The van der Waals surface area contributed by atoms with Gasteiger partial charge in [0.15, 0.2) is 0 Å². The van der Waals surface area contributed by atoms with Gasteiger partial charge in [-0.3, -0.25) is 4.57 Å². The second-order valence-electron chi connectivity index (χ2n) is 12.6. The van der Waals surface area contributed by atoms with Crippen LogP contribution < -0.4 is 5.73 Å². The number of rotatable bonds is 4. The van der Waals surface area contributed by atoms with Crippen molar-refractivity contribution >= 4 is 60.6 Å². The van der Waals surface area contributed by atoms with E-state index in [1.54, 1.807) is 0 Å². The Labute approximate surface area is 260 Å². The smallest absolute Gasteiger partial charge is 0.235 e. The third kappa shape index (κ3) is 3.36. The normalized spacial score (nSPS) is 14.1. The van der Waals surface area contributed by atoms with Crippen LogP contribution in [-0.4, -0.2) is 19.5 Å². The number of fused-ring (bicyclic) bond motifs is 10. The number of benzene rings is 5. The number of nitrogens with zero attached hydrogens (tertiary/aromatic N) is 3. The van der Waals surface area contributed by atoms with E-state index >= 15 is 0 Å². The van der Waals surface area contributed by atoms with Gasteiger partial charge in [-0.1, -0.05) is 60.7 Å². The lowest BCUT2D eigenvalue weighted by molar-refractivity contribution is 0.842. The Morgan fingerprint density at radius 3 is 2.24 bits per heavy atom. The summed E-state index contributed by atoms with van der Waals surface area (Å²) in [5, 5.41) is 6.03. The minimum atomic E-state index is 0.402. The summed E-state index contributed by atoms with van der Waals surface area (Å²) in [6.07, 6.45) is 8.89. The van der Waals surface area contributed by atoms with Gasteiger partial charge in [-0.15, -0.1) is 0 Å². The number of nitrogens with two attached hydrogens (primary N) is 1. The summed E-state index contributed by atoms with van der Waals surface area (Å²) < 4.78 is 2.30. The first kappa shape index (κ1) is 25.1. The third-order valence-corrected chi connectivity index (χ3v) is 10.2. The lowest BCUT2D eigenvalue weighted by Gasteiger charge is -2.19. The van der Waals surface area contributed by atoms with Gasteiger partial charge in [0, 0.05) is 44.6 Å². The van der Waals surface area contributed by atoms with Gasteiger partial charge < -0.3 is 10.7 Å². The highest BCUT2D eigenvalue weighted by molar-refractivity contribution is 6.28. The number of H-pyrrole nitrogens is 1. The van der Waals surface area contributed by atoms with Gasteiger partial charge in [0.05, 0.1) is 27.8 Å². The van der Waals surface area contributed by atoms with Gasteiger partial charge in [0.1, 0.15) is 0 Å². The average molecular weight is 582 g/mol. The van der Waals surface area contributed by atoms with E-state index in [9.17, 15) is 0 Å². The molecule has 0 aliphatic heterocycles. The van der Waals surface area contributed by atoms with Crippen molar-refractivity contribution in [3.05, 3.63) is 118 Å². The fourth-order valence-electron chi connectivity index (χ4n) is 7.90. The Hall–Kier alpha value is -5.26. The van der Waals surface area contributed by atoms with E-state index in [0.29, 0.717) is 12.5 Å². The molecular formula is C40H31N5. The maximum Gasteiger partial charge on any atom is 0.235 e. The highest BCUT2D eigenvalue weighted by Gasteiger charge is 2.28. The van der Waals surface area contributed by atoms with Crippen LogP contribution in [0.25, 0.3) is 77.8 Å². The molecule has 5 aromatic carbocycles. The summed E-state index contributed by atoms with van der Waals surface area (Å²) in [6, 6.07) is 28.4. The van der Waals surface area contributed by atoms with Crippen LogP contribution in [0.4, 0.5) is 0 Å². The first-order valence-corrected chi connectivity index (χ1v) is 16.0. The molecule has 10 rings (SSSR count). The molecular weight excluding hydrogens is 550 g/mol. The zero-order valence-electron chi connectivity index (χ0n) is 25.1. The predicted molar refractivity (Wildman–Crippen MR) is 186 cm³/mol. The van der Waals surface area contributed by atoms with E-state index in [1.807, 2.05) is 6.07 Å². The number of para-hydroxylation sites is 1. The van der Waals surface area contributed by atoms with E-state index in [-0.39, 0.29) is 0 Å². The Kier molecular flexibility index (Phi) is 5.09. The maximum absolute atomic E-state index is 6.77. The van der Waals surface area contributed by atoms with Gasteiger partial charge in [-0.25, -0.2) is 9.97 Å². The lowest BCUT2D eigenvalue weighted by atomic mass is 9.86. The molecule has 0 saturated carbocycles. The summed E-state index contributed by atoms with van der Waals surface area (Å²) >= 11 is 0. The first-order valence-electron chi connectivity index (χ1n) is 16.0. The number of hydrogen-bond donors (Lipinski definition) is 2. The molecule has 0 atom stereocenters. The second kappa shape index (κ2) is 9.13. The zero-order chi connectivity index (χ0) is 29.8. The van der Waals surface area contributed by atoms with Gasteiger partial charge in [-0.2, -0.15) is 0 Å². The van der Waals surface area contributed by atoms with Gasteiger partial charge in [-0.05, 0) is 96.3 Å². The Balaban J connectivity index is 1.43. The summed E-state index contributed by atoms with van der Waals surface area (Å²) in [5.41, 5.74) is 22.4. The van der Waals surface area contributed by atoms with Crippen LogP contribution in [-0.2, 0) is 32.2 Å². The van der Waals surface area contributed by atoms with Crippen molar-refractivity contribution in [1.29, 1.82) is 0 Å². The molecule has 2 aliphatic carbocycles. The highest BCUT2D eigenvalue weighted by atomic mass is 15.2. The molecule has 3 heterocycles. The van der Waals surface area contributed by atoms with Gasteiger partial charge >= 0.3 is 0 Å². The van der Waals surface area contributed by atoms with Crippen molar-refractivity contribution in [2.75, 3.05) is 0 Å². The molecule has 0 amide bonds. The van der Waals surface area contributed by atoms with Crippen molar-refractivity contribution in [3.63, 3.8) is 0 Å². The Morgan fingerprint density at radius 2 is 1.49 bits per heavy atom. The molecule has 0 saturated heterocycles. The average Bonchev–Trinajstić information content (AvgIpc) is 3.58. The molecule has 0 unspecified atom stereocenters. The molecule has 3 N–H and O–H groups in total. The standard InChI is InChI=1S/C40H31N5/c1-2-8-27-31(21-41)39-36(38-35(27)29-17-23-13-15-25(23)19-33(29)42-38)30-18-24-14-16-26(24)20-34(30)45(39)40-43-32-12-7-6-11-28(32)37(44-40)22-9-4-3-5-10-22/h2-12,17-20,42H,13-16,21,41H2,1H3/b8-2-. The van der Waals surface area contributed by atoms with Crippen LogP contribution >= 0.6 is 0 Å². The molecule has 3 aromatic heterocycles. The lowest BCUT2D eigenvalue weighted by Crippen LogP contribution is -2.10. The first-order chi connectivity index (χ1) is 22.2. The van der Waals surface area contributed by atoms with E-state index in [4.69, 9.17) is 15.7 Å². The zero-order valence-corrected chi connectivity index (χ0v) is 25.1. The number of hydrogen-bond acceptors (Lipinski definition) is 3. The van der Waals surface area contributed by atoms with Gasteiger partial charge in [0.2, 0.25) is 5.95 Å². The fourth-order valence-corrected chi connectivity index (χ4v) is 7.90. The van der Waals surface area contributed by atoms with E-state index in [0.717, 1.165) is 64.4 Å².